The lowest BCUT2D eigenvalue weighted by atomic mass is 9.85. The SMILES string of the molecule is CC(C)(C)OC(=O)NC1CC1NC1c2ccccc2CC1(C)C. The number of amides is 1. The Morgan fingerprint density at radius 2 is 1.91 bits per heavy atom. The van der Waals surface area contributed by atoms with Crippen LogP contribution in [0.5, 0.6) is 0 Å². The summed E-state index contributed by atoms with van der Waals surface area (Å²) in [6.07, 6.45) is 1.74. The molecule has 0 aromatic heterocycles. The lowest BCUT2D eigenvalue weighted by Crippen LogP contribution is -2.39. The van der Waals surface area contributed by atoms with Gasteiger partial charge in [-0.15, -0.1) is 0 Å². The van der Waals surface area contributed by atoms with Crippen molar-refractivity contribution in [3.05, 3.63) is 35.4 Å². The van der Waals surface area contributed by atoms with Crippen molar-refractivity contribution in [1.82, 2.24) is 10.6 Å². The highest BCUT2D eigenvalue weighted by molar-refractivity contribution is 5.68. The van der Waals surface area contributed by atoms with Crippen LogP contribution in [-0.4, -0.2) is 23.8 Å². The number of fused-ring (bicyclic) bond motifs is 1. The van der Waals surface area contributed by atoms with Gasteiger partial charge < -0.3 is 15.4 Å². The van der Waals surface area contributed by atoms with Crippen LogP contribution in [0.2, 0.25) is 0 Å². The smallest absolute Gasteiger partial charge is 0.407 e. The lowest BCUT2D eigenvalue weighted by molar-refractivity contribution is 0.0521. The van der Waals surface area contributed by atoms with Crippen molar-refractivity contribution in [1.29, 1.82) is 0 Å². The molecule has 23 heavy (non-hydrogen) atoms. The van der Waals surface area contributed by atoms with Crippen LogP contribution in [0, 0.1) is 5.41 Å². The number of alkyl carbamates (subject to hydrolysis) is 1. The van der Waals surface area contributed by atoms with Crippen molar-refractivity contribution in [3.63, 3.8) is 0 Å². The maximum absolute atomic E-state index is 11.9. The molecule has 3 rings (SSSR count). The molecule has 0 bridgehead atoms. The summed E-state index contributed by atoms with van der Waals surface area (Å²) in [6.45, 7) is 10.3. The highest BCUT2D eigenvalue weighted by Gasteiger charge is 2.46. The zero-order chi connectivity index (χ0) is 16.8. The van der Waals surface area contributed by atoms with Crippen LogP contribution in [0.4, 0.5) is 4.79 Å². The maximum Gasteiger partial charge on any atom is 0.407 e. The van der Waals surface area contributed by atoms with E-state index in [1.807, 2.05) is 20.8 Å². The Hall–Kier alpha value is -1.55. The molecule has 126 valence electrons. The van der Waals surface area contributed by atoms with Gasteiger partial charge in [-0.3, -0.25) is 0 Å². The van der Waals surface area contributed by atoms with Crippen LogP contribution < -0.4 is 10.6 Å². The van der Waals surface area contributed by atoms with E-state index in [9.17, 15) is 4.79 Å². The maximum atomic E-state index is 11.9. The first kappa shape index (κ1) is 16.3. The van der Waals surface area contributed by atoms with E-state index in [1.54, 1.807) is 0 Å². The van der Waals surface area contributed by atoms with E-state index in [1.165, 1.54) is 11.1 Å². The molecule has 1 saturated carbocycles. The number of carbonyl (C=O) groups is 1. The van der Waals surface area contributed by atoms with Crippen LogP contribution >= 0.6 is 0 Å². The van der Waals surface area contributed by atoms with Crippen molar-refractivity contribution in [2.45, 2.75) is 71.2 Å². The van der Waals surface area contributed by atoms with Crippen molar-refractivity contribution in [3.8, 4) is 0 Å². The Labute approximate surface area is 139 Å². The second-order valence-corrected chi connectivity index (χ2v) is 8.56. The summed E-state index contributed by atoms with van der Waals surface area (Å²) in [5.74, 6) is 0. The van der Waals surface area contributed by atoms with Gasteiger partial charge in [0, 0.05) is 18.1 Å². The molecule has 2 N–H and O–H groups in total. The predicted molar refractivity (Wildman–Crippen MR) is 91.4 cm³/mol. The van der Waals surface area contributed by atoms with Gasteiger partial charge in [0.05, 0.1) is 0 Å². The van der Waals surface area contributed by atoms with Gasteiger partial charge in [0.25, 0.3) is 0 Å². The van der Waals surface area contributed by atoms with Gasteiger partial charge in [0.15, 0.2) is 0 Å². The highest BCUT2D eigenvalue weighted by atomic mass is 16.6. The van der Waals surface area contributed by atoms with Crippen molar-refractivity contribution in [2.75, 3.05) is 0 Å². The second kappa shape index (κ2) is 5.52. The number of benzene rings is 1. The zero-order valence-corrected chi connectivity index (χ0v) is 14.8. The molecule has 2 aliphatic carbocycles. The number of hydrogen-bond acceptors (Lipinski definition) is 3. The summed E-state index contributed by atoms with van der Waals surface area (Å²) < 4.78 is 5.33. The summed E-state index contributed by atoms with van der Waals surface area (Å²) >= 11 is 0. The Balaban J connectivity index is 1.58. The molecule has 4 nitrogen and oxygen atoms in total. The fraction of sp³-hybridized carbons (Fsp3) is 0.632. The molecule has 3 unspecified atom stereocenters. The van der Waals surface area contributed by atoms with E-state index in [4.69, 9.17) is 4.74 Å². The molecule has 2 aliphatic rings. The lowest BCUT2D eigenvalue weighted by Gasteiger charge is -2.29. The Bertz CT molecular complexity index is 604. The molecule has 0 radical (unpaired) electrons. The fourth-order valence-electron chi connectivity index (χ4n) is 3.52. The number of ether oxygens (including phenoxy) is 1. The normalized spacial score (nSPS) is 28.1. The summed E-state index contributed by atoms with van der Waals surface area (Å²) in [5, 5.41) is 6.71. The Kier molecular flexibility index (Phi) is 3.91. The van der Waals surface area contributed by atoms with Crippen molar-refractivity contribution in [2.24, 2.45) is 5.41 Å². The number of nitrogens with one attached hydrogen (secondary N) is 2. The van der Waals surface area contributed by atoms with E-state index >= 15 is 0 Å². The van der Waals surface area contributed by atoms with Crippen LogP contribution in [0.3, 0.4) is 0 Å². The van der Waals surface area contributed by atoms with Crippen LogP contribution in [0.1, 0.15) is 58.2 Å². The van der Waals surface area contributed by atoms with Gasteiger partial charge in [-0.25, -0.2) is 4.79 Å². The van der Waals surface area contributed by atoms with Crippen LogP contribution in [-0.2, 0) is 11.2 Å². The zero-order valence-electron chi connectivity index (χ0n) is 14.8. The number of rotatable bonds is 3. The molecule has 1 fully saturated rings. The van der Waals surface area contributed by atoms with Gasteiger partial charge in [0.1, 0.15) is 5.60 Å². The van der Waals surface area contributed by atoms with Crippen molar-refractivity contribution >= 4 is 6.09 Å². The van der Waals surface area contributed by atoms with E-state index in [0.717, 1.165) is 12.8 Å². The average molecular weight is 316 g/mol. The van der Waals surface area contributed by atoms with E-state index in [-0.39, 0.29) is 17.6 Å². The molecule has 1 aromatic carbocycles. The van der Waals surface area contributed by atoms with Gasteiger partial charge in [-0.1, -0.05) is 38.1 Å². The molecule has 0 saturated heterocycles. The standard InChI is InChI=1S/C19H28N2O2/c1-18(2,3)23-17(22)21-15-10-14(15)20-16-13-9-7-6-8-12(13)11-19(16,4)5/h6-9,14-16,20H,10-11H2,1-5H3,(H,21,22). The molecular weight excluding hydrogens is 288 g/mol. The summed E-state index contributed by atoms with van der Waals surface area (Å²) in [4.78, 5) is 11.9. The minimum absolute atomic E-state index is 0.174. The summed E-state index contributed by atoms with van der Waals surface area (Å²) in [7, 11) is 0. The van der Waals surface area contributed by atoms with Gasteiger partial charge >= 0.3 is 6.09 Å². The molecule has 1 aromatic rings. The minimum atomic E-state index is -0.450. The summed E-state index contributed by atoms with van der Waals surface area (Å²) in [6, 6.07) is 9.52. The molecule has 3 atom stereocenters. The molecular formula is C19H28N2O2. The first-order chi connectivity index (χ1) is 10.7. The van der Waals surface area contributed by atoms with Gasteiger partial charge in [-0.2, -0.15) is 0 Å². The van der Waals surface area contributed by atoms with Crippen molar-refractivity contribution < 1.29 is 9.53 Å². The minimum Gasteiger partial charge on any atom is -0.444 e. The third kappa shape index (κ3) is 3.69. The van der Waals surface area contributed by atoms with E-state index in [2.05, 4.69) is 48.7 Å². The third-order valence-corrected chi connectivity index (χ3v) is 4.67. The Morgan fingerprint density at radius 1 is 1.22 bits per heavy atom. The second-order valence-electron chi connectivity index (χ2n) is 8.56. The topological polar surface area (TPSA) is 50.4 Å². The van der Waals surface area contributed by atoms with E-state index in [0.29, 0.717) is 12.1 Å². The molecule has 4 heteroatoms. The number of hydrogen-bond donors (Lipinski definition) is 2. The summed E-state index contributed by atoms with van der Waals surface area (Å²) in [5.41, 5.74) is 2.59. The Morgan fingerprint density at radius 3 is 2.61 bits per heavy atom. The van der Waals surface area contributed by atoms with Crippen LogP contribution in [0.15, 0.2) is 24.3 Å². The molecule has 1 amide bonds. The third-order valence-electron chi connectivity index (χ3n) is 4.67. The largest absolute Gasteiger partial charge is 0.444 e. The van der Waals surface area contributed by atoms with E-state index < -0.39 is 5.60 Å². The first-order valence-electron chi connectivity index (χ1n) is 8.49. The molecule has 0 heterocycles. The van der Waals surface area contributed by atoms with Gasteiger partial charge in [-0.05, 0) is 50.2 Å². The fourth-order valence-corrected chi connectivity index (χ4v) is 3.52. The number of carbonyl (C=O) groups excluding carboxylic acids is 1. The first-order valence-corrected chi connectivity index (χ1v) is 8.49. The van der Waals surface area contributed by atoms with Gasteiger partial charge in [0.2, 0.25) is 0 Å². The van der Waals surface area contributed by atoms with Crippen LogP contribution in [0.25, 0.3) is 0 Å². The predicted octanol–water partition coefficient (Wildman–Crippen LogP) is 3.57. The highest BCUT2D eigenvalue weighted by Crippen LogP contribution is 2.46. The average Bonchev–Trinajstić information content (AvgIpc) is 3.05. The monoisotopic (exact) mass is 316 g/mol. The molecule has 0 aliphatic heterocycles. The quantitative estimate of drug-likeness (QED) is 0.896. The molecule has 0 spiro atoms.